The third-order valence-corrected chi connectivity index (χ3v) is 4.48. The third-order valence-electron chi connectivity index (χ3n) is 4.48. The van der Waals surface area contributed by atoms with Crippen LogP contribution in [-0.4, -0.2) is 29.6 Å². The molecule has 0 amide bonds. The zero-order valence-electron chi connectivity index (χ0n) is 12.0. The maximum absolute atomic E-state index is 13.3. The minimum atomic E-state index is -4.76. The van der Waals surface area contributed by atoms with Gasteiger partial charge < -0.3 is 10.0 Å². The van der Waals surface area contributed by atoms with Crippen molar-refractivity contribution in [1.29, 1.82) is 0 Å². The van der Waals surface area contributed by atoms with Gasteiger partial charge in [0.2, 0.25) is 0 Å². The topological polar surface area (TPSA) is 23.5 Å². The molecule has 1 aromatic rings. The lowest BCUT2D eigenvalue weighted by molar-refractivity contribution is -0.140. The molecule has 1 atom stereocenters. The first-order valence-electron chi connectivity index (χ1n) is 6.90. The number of hydrogen-bond donors (Lipinski definition) is 1. The van der Waals surface area contributed by atoms with Crippen LogP contribution in [-0.2, 0) is 6.18 Å². The number of likely N-dealkylation sites (N-methyl/N-ethyl adjacent to an activating group) is 1. The second kappa shape index (κ2) is 5.57. The molecule has 6 heteroatoms. The number of rotatable bonds is 3. The Morgan fingerprint density at radius 2 is 1.76 bits per heavy atom. The summed E-state index contributed by atoms with van der Waals surface area (Å²) in [4.78, 5) is 1.86. The van der Waals surface area contributed by atoms with E-state index in [0.29, 0.717) is 12.8 Å². The van der Waals surface area contributed by atoms with E-state index in [1.54, 1.807) is 0 Å². The van der Waals surface area contributed by atoms with Gasteiger partial charge in [0.15, 0.2) is 0 Å². The molecule has 1 unspecified atom stereocenters. The highest BCUT2D eigenvalue weighted by Gasteiger charge is 2.44. The van der Waals surface area contributed by atoms with E-state index in [-0.39, 0.29) is 5.56 Å². The highest BCUT2D eigenvalue weighted by Crippen LogP contribution is 2.44. The van der Waals surface area contributed by atoms with E-state index in [4.69, 9.17) is 0 Å². The molecule has 0 saturated heterocycles. The first-order valence-corrected chi connectivity index (χ1v) is 6.90. The second-order valence-corrected chi connectivity index (χ2v) is 5.84. The Kier molecular flexibility index (Phi) is 4.31. The van der Waals surface area contributed by atoms with Gasteiger partial charge in [0.05, 0.1) is 17.2 Å². The predicted octanol–water partition coefficient (Wildman–Crippen LogP) is 3.75. The molecule has 1 N–H and O–H groups in total. The van der Waals surface area contributed by atoms with Crippen LogP contribution in [0.5, 0.6) is 0 Å². The average Bonchev–Trinajstić information content (AvgIpc) is 2.87. The predicted molar refractivity (Wildman–Crippen MR) is 71.2 cm³/mol. The van der Waals surface area contributed by atoms with Gasteiger partial charge in [0.25, 0.3) is 0 Å². The van der Waals surface area contributed by atoms with Crippen LogP contribution in [0.15, 0.2) is 18.2 Å². The van der Waals surface area contributed by atoms with E-state index in [2.05, 4.69) is 0 Å². The highest BCUT2D eigenvalue weighted by atomic mass is 19.4. The van der Waals surface area contributed by atoms with Gasteiger partial charge in [-0.3, -0.25) is 0 Å². The van der Waals surface area contributed by atoms with Crippen LogP contribution in [0, 0.1) is 5.82 Å². The van der Waals surface area contributed by atoms with Crippen LogP contribution in [0.25, 0.3) is 0 Å². The highest BCUT2D eigenvalue weighted by molar-refractivity contribution is 5.31. The van der Waals surface area contributed by atoms with Crippen LogP contribution in [0.3, 0.4) is 0 Å². The number of aliphatic hydroxyl groups excluding tert-OH is 1. The van der Waals surface area contributed by atoms with Crippen molar-refractivity contribution in [2.45, 2.75) is 43.5 Å². The molecule has 1 aliphatic rings. The number of aliphatic hydroxyl groups is 1. The molecule has 1 saturated carbocycles. The van der Waals surface area contributed by atoms with Crippen molar-refractivity contribution in [1.82, 2.24) is 4.90 Å². The Hall–Kier alpha value is -1.14. The Balaban J connectivity index is 2.42. The van der Waals surface area contributed by atoms with Gasteiger partial charge in [-0.1, -0.05) is 18.9 Å². The Morgan fingerprint density at radius 1 is 1.19 bits per heavy atom. The van der Waals surface area contributed by atoms with Crippen LogP contribution >= 0.6 is 0 Å². The van der Waals surface area contributed by atoms with E-state index in [1.807, 2.05) is 19.0 Å². The molecular formula is C15H19F4NO. The van der Waals surface area contributed by atoms with E-state index in [1.165, 1.54) is 6.07 Å². The lowest BCUT2D eigenvalue weighted by atomic mass is 9.84. The van der Waals surface area contributed by atoms with Crippen molar-refractivity contribution in [3.8, 4) is 0 Å². The molecule has 0 bridgehead atoms. The van der Waals surface area contributed by atoms with E-state index < -0.39 is 29.2 Å². The summed E-state index contributed by atoms with van der Waals surface area (Å²) in [5.41, 5.74) is -1.80. The van der Waals surface area contributed by atoms with Gasteiger partial charge in [-0.15, -0.1) is 0 Å². The van der Waals surface area contributed by atoms with Gasteiger partial charge >= 0.3 is 6.18 Å². The number of halogens is 4. The van der Waals surface area contributed by atoms with Crippen molar-refractivity contribution in [2.24, 2.45) is 0 Å². The molecule has 2 nitrogen and oxygen atoms in total. The molecule has 2 rings (SSSR count). The summed E-state index contributed by atoms with van der Waals surface area (Å²) in [6, 6.07) is 2.74. The van der Waals surface area contributed by atoms with Crippen LogP contribution in [0.2, 0.25) is 0 Å². The number of hydrogen-bond acceptors (Lipinski definition) is 2. The monoisotopic (exact) mass is 305 g/mol. The molecule has 0 heterocycles. The summed E-state index contributed by atoms with van der Waals surface area (Å²) >= 11 is 0. The molecule has 1 fully saturated rings. The van der Waals surface area contributed by atoms with Crippen molar-refractivity contribution in [3.63, 3.8) is 0 Å². The Bertz CT molecular complexity index is 507. The molecule has 0 spiro atoms. The van der Waals surface area contributed by atoms with Crippen molar-refractivity contribution < 1.29 is 22.7 Å². The summed E-state index contributed by atoms with van der Waals surface area (Å²) in [5, 5.41) is 10.6. The van der Waals surface area contributed by atoms with Gasteiger partial charge in [-0.05, 0) is 44.6 Å². The van der Waals surface area contributed by atoms with Crippen LogP contribution in [0.4, 0.5) is 17.6 Å². The van der Waals surface area contributed by atoms with Crippen molar-refractivity contribution in [2.75, 3.05) is 14.1 Å². The van der Waals surface area contributed by atoms with Crippen molar-refractivity contribution in [3.05, 3.63) is 35.1 Å². The minimum absolute atomic E-state index is 0.110. The largest absolute Gasteiger partial charge is 0.419 e. The summed E-state index contributed by atoms with van der Waals surface area (Å²) in [7, 11) is 3.62. The van der Waals surface area contributed by atoms with Gasteiger partial charge in [0.1, 0.15) is 5.82 Å². The quantitative estimate of drug-likeness (QED) is 0.860. The van der Waals surface area contributed by atoms with E-state index >= 15 is 0 Å². The van der Waals surface area contributed by atoms with E-state index in [0.717, 1.165) is 25.0 Å². The second-order valence-electron chi connectivity index (χ2n) is 5.84. The maximum Gasteiger partial charge on any atom is 0.419 e. The molecule has 0 radical (unpaired) electrons. The zero-order chi connectivity index (χ0) is 15.8. The van der Waals surface area contributed by atoms with Crippen LogP contribution < -0.4 is 0 Å². The third kappa shape index (κ3) is 2.92. The van der Waals surface area contributed by atoms with Gasteiger partial charge in [-0.2, -0.15) is 13.2 Å². The van der Waals surface area contributed by atoms with Gasteiger partial charge in [-0.25, -0.2) is 4.39 Å². The molecule has 0 aliphatic heterocycles. The van der Waals surface area contributed by atoms with Gasteiger partial charge in [0, 0.05) is 0 Å². The summed E-state index contributed by atoms with van der Waals surface area (Å²) in [5.74, 6) is -1.32. The molecule has 1 aliphatic carbocycles. The lowest BCUT2D eigenvalue weighted by Crippen LogP contribution is -2.47. The number of alkyl halides is 3. The first-order chi connectivity index (χ1) is 9.68. The number of nitrogens with zero attached hydrogens (tertiary/aromatic N) is 1. The summed E-state index contributed by atoms with van der Waals surface area (Å²) in [6.07, 6.45) is -2.58. The molecule has 1 aromatic carbocycles. The minimum Gasteiger partial charge on any atom is -0.386 e. The maximum atomic E-state index is 13.3. The molecule has 21 heavy (non-hydrogen) atoms. The standard InChI is InChI=1S/C15H19F4NO/c1-20(2)14(7-3-4-8-14)13(21)10-5-6-12(16)11(9-10)15(17,18)19/h5-6,9,13,21H,3-4,7-8H2,1-2H3. The van der Waals surface area contributed by atoms with E-state index in [9.17, 15) is 22.7 Å². The fraction of sp³-hybridized carbons (Fsp3) is 0.600. The van der Waals surface area contributed by atoms with Crippen LogP contribution in [0.1, 0.15) is 42.9 Å². The first kappa shape index (κ1) is 16.2. The summed E-state index contributed by atoms with van der Waals surface area (Å²) < 4.78 is 51.7. The molecule has 118 valence electrons. The fourth-order valence-electron chi connectivity index (χ4n) is 3.19. The smallest absolute Gasteiger partial charge is 0.386 e. The molecule has 0 aromatic heterocycles. The number of benzene rings is 1. The molecular weight excluding hydrogens is 286 g/mol. The fourth-order valence-corrected chi connectivity index (χ4v) is 3.19. The average molecular weight is 305 g/mol. The van der Waals surface area contributed by atoms with Crippen molar-refractivity contribution >= 4 is 0 Å². The SMILES string of the molecule is CN(C)C1(C(O)c2ccc(F)c(C(F)(F)F)c2)CCCC1. The normalized spacial score (nSPS) is 20.0. The Labute approximate surface area is 121 Å². The Morgan fingerprint density at radius 3 is 2.24 bits per heavy atom. The summed E-state index contributed by atoms with van der Waals surface area (Å²) in [6.45, 7) is 0. The zero-order valence-corrected chi connectivity index (χ0v) is 12.0. The lowest BCUT2D eigenvalue weighted by Gasteiger charge is -2.41.